The molecule has 0 saturated carbocycles. The highest BCUT2D eigenvalue weighted by Gasteiger charge is 2.23. The lowest BCUT2D eigenvalue weighted by atomic mass is 10.1. The Kier molecular flexibility index (Phi) is 5.38. The first-order chi connectivity index (χ1) is 9.33. The molecule has 0 amide bonds. The molecule has 102 valence electrons. The fraction of sp³-hybridized carbons (Fsp3) is 0.562. The predicted octanol–water partition coefficient (Wildman–Crippen LogP) is 3.60. The van der Waals surface area contributed by atoms with Crippen LogP contribution in [0.5, 0.6) is 0 Å². The minimum Gasteiger partial charge on any atom is -0.373 e. The van der Waals surface area contributed by atoms with Crippen molar-refractivity contribution in [1.29, 1.82) is 5.26 Å². The molecule has 0 radical (unpaired) electrons. The van der Waals surface area contributed by atoms with Crippen LogP contribution in [0.2, 0.25) is 0 Å². The van der Waals surface area contributed by atoms with Gasteiger partial charge in [0, 0.05) is 0 Å². The molecule has 0 bridgehead atoms. The minimum atomic E-state index is 0.00941. The van der Waals surface area contributed by atoms with Crippen molar-refractivity contribution >= 4 is 0 Å². The lowest BCUT2D eigenvalue weighted by molar-refractivity contribution is -0.137. The first-order valence-corrected chi connectivity index (χ1v) is 7.06. The maximum absolute atomic E-state index is 8.77. The van der Waals surface area contributed by atoms with Crippen LogP contribution in [0, 0.1) is 11.3 Å². The van der Waals surface area contributed by atoms with Crippen molar-refractivity contribution in [2.24, 2.45) is 0 Å². The van der Waals surface area contributed by atoms with Crippen molar-refractivity contribution in [3.05, 3.63) is 35.4 Å². The van der Waals surface area contributed by atoms with E-state index in [0.29, 0.717) is 18.8 Å². The molecule has 2 atom stereocenters. The zero-order valence-electron chi connectivity index (χ0n) is 11.5. The molecule has 0 aromatic heterocycles. The summed E-state index contributed by atoms with van der Waals surface area (Å²) in [4.78, 5) is 0. The van der Waals surface area contributed by atoms with Crippen LogP contribution in [0.4, 0.5) is 0 Å². The molecule has 1 aliphatic heterocycles. The van der Waals surface area contributed by atoms with E-state index in [1.807, 2.05) is 24.3 Å². The van der Waals surface area contributed by atoms with Crippen molar-refractivity contribution in [2.75, 3.05) is 13.2 Å². The molecule has 3 heteroatoms. The van der Waals surface area contributed by atoms with Crippen LogP contribution in [0.1, 0.15) is 49.8 Å². The Balaban J connectivity index is 1.80. The average Bonchev–Trinajstić information content (AvgIpc) is 2.48. The van der Waals surface area contributed by atoms with E-state index in [4.69, 9.17) is 14.7 Å². The van der Waals surface area contributed by atoms with Gasteiger partial charge in [0.2, 0.25) is 0 Å². The quantitative estimate of drug-likeness (QED) is 0.759. The summed E-state index contributed by atoms with van der Waals surface area (Å²) in [6, 6.07) is 9.67. The third-order valence-electron chi connectivity index (χ3n) is 3.51. The Bertz CT molecular complexity index is 413. The third-order valence-corrected chi connectivity index (χ3v) is 3.51. The second kappa shape index (κ2) is 7.28. The van der Waals surface area contributed by atoms with Crippen molar-refractivity contribution in [1.82, 2.24) is 0 Å². The number of hydrogen-bond donors (Lipinski definition) is 0. The molecule has 1 saturated heterocycles. The van der Waals surface area contributed by atoms with E-state index < -0.39 is 0 Å². The zero-order valence-corrected chi connectivity index (χ0v) is 11.5. The van der Waals surface area contributed by atoms with Gasteiger partial charge in [-0.2, -0.15) is 5.26 Å². The lowest BCUT2D eigenvalue weighted by Gasteiger charge is -2.29. The molecule has 1 aliphatic rings. The standard InChI is InChI=1S/C16H21NO2/c1-2-3-4-5-15-11-19-16(12-18-15)14-8-6-13(10-17)7-9-14/h6-9,15-16H,2-5,11-12H2,1H3. The molecule has 0 spiro atoms. The second-order valence-corrected chi connectivity index (χ2v) is 5.01. The maximum Gasteiger partial charge on any atom is 0.106 e. The van der Waals surface area contributed by atoms with Gasteiger partial charge in [0.1, 0.15) is 6.10 Å². The van der Waals surface area contributed by atoms with E-state index in [1.165, 1.54) is 19.3 Å². The number of hydrogen-bond acceptors (Lipinski definition) is 3. The Hall–Kier alpha value is -1.37. The number of benzene rings is 1. The van der Waals surface area contributed by atoms with Crippen molar-refractivity contribution < 1.29 is 9.47 Å². The SMILES string of the molecule is CCCCCC1COC(c2ccc(C#N)cc2)CO1. The molecule has 1 aromatic carbocycles. The molecule has 19 heavy (non-hydrogen) atoms. The second-order valence-electron chi connectivity index (χ2n) is 5.01. The highest BCUT2D eigenvalue weighted by atomic mass is 16.6. The third kappa shape index (κ3) is 4.05. The van der Waals surface area contributed by atoms with E-state index in [1.54, 1.807) is 0 Å². The van der Waals surface area contributed by atoms with Gasteiger partial charge in [0.25, 0.3) is 0 Å². The van der Waals surface area contributed by atoms with Crippen LogP contribution >= 0.6 is 0 Å². The van der Waals surface area contributed by atoms with Crippen LogP contribution in [0.25, 0.3) is 0 Å². The Morgan fingerprint density at radius 1 is 1.16 bits per heavy atom. The molecule has 3 nitrogen and oxygen atoms in total. The highest BCUT2D eigenvalue weighted by molar-refractivity contribution is 5.32. The van der Waals surface area contributed by atoms with E-state index >= 15 is 0 Å². The average molecular weight is 259 g/mol. The Morgan fingerprint density at radius 2 is 1.95 bits per heavy atom. The number of nitriles is 1. The topological polar surface area (TPSA) is 42.2 Å². The van der Waals surface area contributed by atoms with E-state index in [9.17, 15) is 0 Å². The smallest absolute Gasteiger partial charge is 0.106 e. The minimum absolute atomic E-state index is 0.00941. The van der Waals surface area contributed by atoms with Crippen LogP contribution < -0.4 is 0 Å². The van der Waals surface area contributed by atoms with Gasteiger partial charge in [0.15, 0.2) is 0 Å². The van der Waals surface area contributed by atoms with Gasteiger partial charge in [-0.15, -0.1) is 0 Å². The molecule has 0 aliphatic carbocycles. The van der Waals surface area contributed by atoms with Crippen LogP contribution in [-0.2, 0) is 9.47 Å². The summed E-state index contributed by atoms with van der Waals surface area (Å²) in [6.07, 6.45) is 5.07. The largest absolute Gasteiger partial charge is 0.373 e. The van der Waals surface area contributed by atoms with E-state index in [-0.39, 0.29) is 12.2 Å². The number of ether oxygens (including phenoxy) is 2. The van der Waals surface area contributed by atoms with Crippen LogP contribution in [0.15, 0.2) is 24.3 Å². The van der Waals surface area contributed by atoms with Gasteiger partial charge in [-0.05, 0) is 24.1 Å². The van der Waals surface area contributed by atoms with Gasteiger partial charge in [-0.25, -0.2) is 0 Å². The molecule has 2 rings (SSSR count). The highest BCUT2D eigenvalue weighted by Crippen LogP contribution is 2.24. The maximum atomic E-state index is 8.77. The van der Waals surface area contributed by atoms with Crippen molar-refractivity contribution in [3.8, 4) is 6.07 Å². The summed E-state index contributed by atoms with van der Waals surface area (Å²) in [7, 11) is 0. The van der Waals surface area contributed by atoms with Crippen molar-refractivity contribution in [3.63, 3.8) is 0 Å². The van der Waals surface area contributed by atoms with Crippen molar-refractivity contribution in [2.45, 2.75) is 44.8 Å². The summed E-state index contributed by atoms with van der Waals surface area (Å²) >= 11 is 0. The summed E-state index contributed by atoms with van der Waals surface area (Å²) in [5, 5.41) is 8.77. The van der Waals surface area contributed by atoms with Gasteiger partial charge >= 0.3 is 0 Å². The van der Waals surface area contributed by atoms with Gasteiger partial charge in [0.05, 0.1) is 31.0 Å². The van der Waals surface area contributed by atoms with Crippen LogP contribution in [-0.4, -0.2) is 19.3 Å². The van der Waals surface area contributed by atoms with E-state index in [2.05, 4.69) is 13.0 Å². The molecular formula is C16H21NO2. The molecule has 1 heterocycles. The fourth-order valence-corrected chi connectivity index (χ4v) is 2.30. The predicted molar refractivity (Wildman–Crippen MR) is 73.7 cm³/mol. The first-order valence-electron chi connectivity index (χ1n) is 7.06. The number of unbranched alkanes of at least 4 members (excludes halogenated alkanes) is 2. The first kappa shape index (κ1) is 14.0. The summed E-state index contributed by atoms with van der Waals surface area (Å²) < 4.78 is 11.7. The molecular weight excluding hydrogens is 238 g/mol. The Morgan fingerprint density at radius 3 is 2.53 bits per heavy atom. The van der Waals surface area contributed by atoms with E-state index in [0.717, 1.165) is 12.0 Å². The van der Waals surface area contributed by atoms with Gasteiger partial charge in [-0.1, -0.05) is 38.3 Å². The molecule has 1 aromatic rings. The zero-order chi connectivity index (χ0) is 13.5. The number of rotatable bonds is 5. The van der Waals surface area contributed by atoms with Gasteiger partial charge < -0.3 is 9.47 Å². The summed E-state index contributed by atoms with van der Waals surface area (Å²) in [6.45, 7) is 3.50. The number of nitrogens with zero attached hydrogens (tertiary/aromatic N) is 1. The Labute approximate surface area is 115 Å². The van der Waals surface area contributed by atoms with Crippen LogP contribution in [0.3, 0.4) is 0 Å². The summed E-state index contributed by atoms with van der Waals surface area (Å²) in [5.41, 5.74) is 1.77. The van der Waals surface area contributed by atoms with Gasteiger partial charge in [-0.3, -0.25) is 0 Å². The molecule has 0 N–H and O–H groups in total. The monoisotopic (exact) mass is 259 g/mol. The summed E-state index contributed by atoms with van der Waals surface area (Å²) in [5.74, 6) is 0. The molecule has 1 fully saturated rings. The molecule has 2 unspecified atom stereocenters. The fourth-order valence-electron chi connectivity index (χ4n) is 2.30. The lowest BCUT2D eigenvalue weighted by Crippen LogP contribution is -2.31. The normalized spacial score (nSPS) is 22.9.